The average molecular weight is 206 g/mol. The first kappa shape index (κ1) is 11.8. The van der Waals surface area contributed by atoms with Gasteiger partial charge >= 0.3 is 0 Å². The molecule has 0 saturated heterocycles. The third kappa shape index (κ3) is 2.82. The Hall–Kier alpha value is -1.31. The summed E-state index contributed by atoms with van der Waals surface area (Å²) in [7, 11) is 1.68. The van der Waals surface area contributed by atoms with Crippen LogP contribution in [0.2, 0.25) is 0 Å². The minimum absolute atomic E-state index is 0.239. The van der Waals surface area contributed by atoms with Crippen LogP contribution in [0.1, 0.15) is 30.0 Å². The summed E-state index contributed by atoms with van der Waals surface area (Å²) in [6, 6.07) is 4.02. The van der Waals surface area contributed by atoms with Crippen LogP contribution >= 0.6 is 0 Å². The number of ketones is 1. The van der Waals surface area contributed by atoms with Crippen molar-refractivity contribution in [3.8, 4) is 5.75 Å². The maximum absolute atomic E-state index is 10.9. The zero-order chi connectivity index (χ0) is 11.4. The molecule has 0 heterocycles. The summed E-state index contributed by atoms with van der Waals surface area (Å²) in [5, 5.41) is 0. The first-order valence-electron chi connectivity index (χ1n) is 5.18. The maximum Gasteiger partial charge on any atom is 0.130 e. The zero-order valence-corrected chi connectivity index (χ0v) is 9.89. The van der Waals surface area contributed by atoms with Gasteiger partial charge in [0.05, 0.1) is 7.11 Å². The highest BCUT2D eigenvalue weighted by molar-refractivity contribution is 5.75. The van der Waals surface area contributed by atoms with Crippen molar-refractivity contribution in [2.75, 3.05) is 7.11 Å². The lowest BCUT2D eigenvalue weighted by Crippen LogP contribution is -1.99. The van der Waals surface area contributed by atoms with Gasteiger partial charge < -0.3 is 9.53 Å². The number of hydrogen-bond acceptors (Lipinski definition) is 2. The minimum atomic E-state index is 0.239. The Morgan fingerprint density at radius 3 is 2.47 bits per heavy atom. The molecule has 2 nitrogen and oxygen atoms in total. The lowest BCUT2D eigenvalue weighted by atomic mass is 9.98. The van der Waals surface area contributed by atoms with Gasteiger partial charge in [0.1, 0.15) is 11.5 Å². The summed E-state index contributed by atoms with van der Waals surface area (Å²) in [6.45, 7) is 5.75. The van der Waals surface area contributed by atoms with Gasteiger partial charge in [-0.2, -0.15) is 0 Å². The van der Waals surface area contributed by atoms with Crippen molar-refractivity contribution >= 4 is 5.78 Å². The SMILES string of the molecule is COc1ccc(CCC(C)=O)c(C)c1C. The van der Waals surface area contributed by atoms with Gasteiger partial charge in [-0.1, -0.05) is 6.07 Å². The molecule has 1 aromatic rings. The Morgan fingerprint density at radius 1 is 1.27 bits per heavy atom. The topological polar surface area (TPSA) is 26.3 Å². The molecule has 1 aromatic carbocycles. The van der Waals surface area contributed by atoms with Crippen LogP contribution in [0.25, 0.3) is 0 Å². The molecule has 1 rings (SSSR count). The van der Waals surface area contributed by atoms with E-state index in [1.165, 1.54) is 16.7 Å². The van der Waals surface area contributed by atoms with Crippen LogP contribution in [0.15, 0.2) is 12.1 Å². The van der Waals surface area contributed by atoms with E-state index in [4.69, 9.17) is 4.74 Å². The summed E-state index contributed by atoms with van der Waals surface area (Å²) in [4.78, 5) is 10.9. The number of hydrogen-bond donors (Lipinski definition) is 0. The van der Waals surface area contributed by atoms with Crippen LogP contribution in [0, 0.1) is 13.8 Å². The van der Waals surface area contributed by atoms with Crippen LogP contribution in [0.4, 0.5) is 0 Å². The second-order valence-corrected chi connectivity index (χ2v) is 3.88. The Bertz CT molecular complexity index is 367. The molecule has 0 unspecified atom stereocenters. The molecule has 0 radical (unpaired) electrons. The van der Waals surface area contributed by atoms with E-state index in [-0.39, 0.29) is 5.78 Å². The summed E-state index contributed by atoms with van der Waals surface area (Å²) in [5.41, 5.74) is 3.64. The summed E-state index contributed by atoms with van der Waals surface area (Å²) in [6.07, 6.45) is 1.44. The number of methoxy groups -OCH3 is 1. The Morgan fingerprint density at radius 2 is 1.93 bits per heavy atom. The van der Waals surface area contributed by atoms with E-state index < -0.39 is 0 Å². The van der Waals surface area contributed by atoms with E-state index in [0.29, 0.717) is 6.42 Å². The highest BCUT2D eigenvalue weighted by atomic mass is 16.5. The maximum atomic E-state index is 10.9. The predicted octanol–water partition coefficient (Wildman–Crippen LogP) is 2.83. The summed E-state index contributed by atoms with van der Waals surface area (Å²) >= 11 is 0. The van der Waals surface area contributed by atoms with Crippen molar-refractivity contribution < 1.29 is 9.53 Å². The van der Waals surface area contributed by atoms with Gasteiger partial charge in [0.25, 0.3) is 0 Å². The third-order valence-corrected chi connectivity index (χ3v) is 2.82. The molecule has 0 N–H and O–H groups in total. The molecule has 82 valence electrons. The van der Waals surface area contributed by atoms with Gasteiger partial charge in [0, 0.05) is 6.42 Å². The second kappa shape index (κ2) is 4.96. The van der Waals surface area contributed by atoms with Crippen LogP contribution in [0.3, 0.4) is 0 Å². The fourth-order valence-electron chi connectivity index (χ4n) is 1.65. The van der Waals surface area contributed by atoms with Crippen molar-refractivity contribution in [1.29, 1.82) is 0 Å². The fourth-order valence-corrected chi connectivity index (χ4v) is 1.65. The van der Waals surface area contributed by atoms with Gasteiger partial charge in [-0.05, 0) is 49.9 Å². The van der Waals surface area contributed by atoms with Gasteiger partial charge in [0.15, 0.2) is 0 Å². The molecular weight excluding hydrogens is 188 g/mol. The lowest BCUT2D eigenvalue weighted by Gasteiger charge is -2.11. The monoisotopic (exact) mass is 206 g/mol. The molecule has 0 aliphatic rings. The molecule has 0 aromatic heterocycles. The number of carbonyl (C=O) groups is 1. The largest absolute Gasteiger partial charge is 0.496 e. The van der Waals surface area contributed by atoms with Gasteiger partial charge in [0.2, 0.25) is 0 Å². The van der Waals surface area contributed by atoms with Crippen molar-refractivity contribution in [1.82, 2.24) is 0 Å². The number of carbonyl (C=O) groups excluding carboxylic acids is 1. The molecule has 0 fully saturated rings. The normalized spacial score (nSPS) is 10.1. The van der Waals surface area contributed by atoms with Crippen LogP contribution in [0.5, 0.6) is 5.75 Å². The van der Waals surface area contributed by atoms with E-state index >= 15 is 0 Å². The Kier molecular flexibility index (Phi) is 3.89. The molecule has 0 atom stereocenters. The quantitative estimate of drug-likeness (QED) is 0.757. The van der Waals surface area contributed by atoms with E-state index in [9.17, 15) is 4.79 Å². The number of Topliss-reactive ketones (excluding diaryl/α,β-unsaturated/α-hetero) is 1. The van der Waals surface area contributed by atoms with E-state index in [0.717, 1.165) is 12.2 Å². The Balaban J connectivity index is 2.91. The van der Waals surface area contributed by atoms with E-state index in [2.05, 4.69) is 6.92 Å². The molecule has 15 heavy (non-hydrogen) atoms. The molecular formula is C13H18O2. The molecule has 0 amide bonds. The van der Waals surface area contributed by atoms with Crippen molar-refractivity contribution in [2.45, 2.75) is 33.6 Å². The van der Waals surface area contributed by atoms with Gasteiger partial charge in [-0.3, -0.25) is 0 Å². The Labute approximate surface area is 91.3 Å². The zero-order valence-electron chi connectivity index (χ0n) is 9.89. The van der Waals surface area contributed by atoms with Gasteiger partial charge in [-0.25, -0.2) is 0 Å². The standard InChI is InChI=1S/C13H18O2/c1-9(14)5-6-12-7-8-13(15-4)11(3)10(12)2/h7-8H,5-6H2,1-4H3. The van der Waals surface area contributed by atoms with Crippen molar-refractivity contribution in [3.05, 3.63) is 28.8 Å². The molecule has 2 heteroatoms. The van der Waals surface area contributed by atoms with Crippen molar-refractivity contribution in [3.63, 3.8) is 0 Å². The lowest BCUT2D eigenvalue weighted by molar-refractivity contribution is -0.116. The number of benzene rings is 1. The number of ether oxygens (including phenoxy) is 1. The van der Waals surface area contributed by atoms with E-state index in [1.54, 1.807) is 14.0 Å². The number of aryl methyl sites for hydroxylation is 1. The van der Waals surface area contributed by atoms with E-state index in [1.807, 2.05) is 19.1 Å². The molecule has 0 aliphatic carbocycles. The average Bonchev–Trinajstić information content (AvgIpc) is 2.20. The summed E-state index contributed by atoms with van der Waals surface area (Å²) in [5.74, 6) is 1.15. The highest BCUT2D eigenvalue weighted by Crippen LogP contribution is 2.24. The van der Waals surface area contributed by atoms with Gasteiger partial charge in [-0.15, -0.1) is 0 Å². The number of rotatable bonds is 4. The minimum Gasteiger partial charge on any atom is -0.496 e. The first-order valence-corrected chi connectivity index (χ1v) is 5.18. The fraction of sp³-hybridized carbons (Fsp3) is 0.462. The molecule has 0 aliphatic heterocycles. The summed E-state index contributed by atoms with van der Waals surface area (Å²) < 4.78 is 5.24. The van der Waals surface area contributed by atoms with Crippen LogP contribution in [-0.2, 0) is 11.2 Å². The molecule has 0 spiro atoms. The third-order valence-electron chi connectivity index (χ3n) is 2.82. The molecule has 0 bridgehead atoms. The first-order chi connectivity index (χ1) is 7.06. The second-order valence-electron chi connectivity index (χ2n) is 3.88. The smallest absolute Gasteiger partial charge is 0.130 e. The highest BCUT2D eigenvalue weighted by Gasteiger charge is 2.06. The van der Waals surface area contributed by atoms with Crippen LogP contribution in [-0.4, -0.2) is 12.9 Å². The van der Waals surface area contributed by atoms with Crippen LogP contribution < -0.4 is 4.74 Å². The predicted molar refractivity (Wildman–Crippen MR) is 61.5 cm³/mol. The van der Waals surface area contributed by atoms with Crippen molar-refractivity contribution in [2.24, 2.45) is 0 Å². The molecule has 0 saturated carbocycles.